The molecule has 0 aromatic heterocycles. The van der Waals surface area contributed by atoms with Gasteiger partial charge < -0.3 is 5.32 Å². The lowest BCUT2D eigenvalue weighted by Gasteiger charge is -2.21. The van der Waals surface area contributed by atoms with Gasteiger partial charge in [0.15, 0.2) is 0 Å². The molecule has 4 rings (SSSR count). The summed E-state index contributed by atoms with van der Waals surface area (Å²) in [5.74, 6) is -2.15. The molecule has 0 aliphatic carbocycles. The molecule has 8 nitrogen and oxygen atoms in total. The molecule has 1 atom stereocenters. The average molecular weight is 464 g/mol. The zero-order valence-electron chi connectivity index (χ0n) is 17.2. The first kappa shape index (κ1) is 22.2. The number of hydrogen-bond acceptors (Lipinski definition) is 5. The van der Waals surface area contributed by atoms with Crippen LogP contribution in [0.3, 0.4) is 0 Å². The number of amides is 3. The number of nitrogens with zero attached hydrogens (tertiary/aromatic N) is 2. The number of hydrogen-bond donors (Lipinski definition) is 1. The largest absolute Gasteiger partial charge is 0.347 e. The molecule has 0 spiro atoms. The van der Waals surface area contributed by atoms with E-state index in [-0.39, 0.29) is 11.1 Å². The van der Waals surface area contributed by atoms with Crippen LogP contribution in [0, 0.1) is 10.1 Å². The lowest BCUT2D eigenvalue weighted by Crippen LogP contribution is -2.42. The van der Waals surface area contributed by atoms with E-state index in [1.807, 2.05) is 42.5 Å². The standard InChI is InChI=1S/C24H18ClN3O5/c25-17-11-9-15(10-12-17)13-19(16-5-2-1-3-6-16)26-21(29)14-27-23(30)18-7-4-8-20(28(32)33)22(18)24(27)31/h1-12,19H,13-14H2,(H,26,29). The van der Waals surface area contributed by atoms with Crippen molar-refractivity contribution in [3.8, 4) is 0 Å². The van der Waals surface area contributed by atoms with Crippen LogP contribution in [-0.2, 0) is 11.2 Å². The van der Waals surface area contributed by atoms with Gasteiger partial charge in [0.1, 0.15) is 12.1 Å². The number of benzene rings is 3. The molecule has 3 aromatic rings. The summed E-state index contributed by atoms with van der Waals surface area (Å²) in [6.07, 6.45) is 0.459. The normalized spacial score (nSPS) is 13.5. The summed E-state index contributed by atoms with van der Waals surface area (Å²) >= 11 is 5.96. The van der Waals surface area contributed by atoms with E-state index in [0.717, 1.165) is 22.1 Å². The van der Waals surface area contributed by atoms with Gasteiger partial charge in [0.2, 0.25) is 5.91 Å². The van der Waals surface area contributed by atoms with Gasteiger partial charge >= 0.3 is 0 Å². The van der Waals surface area contributed by atoms with Crippen molar-refractivity contribution in [1.29, 1.82) is 0 Å². The van der Waals surface area contributed by atoms with Crippen molar-refractivity contribution >= 4 is 35.0 Å². The van der Waals surface area contributed by atoms with E-state index in [1.54, 1.807) is 12.1 Å². The fraction of sp³-hybridized carbons (Fsp3) is 0.125. The van der Waals surface area contributed by atoms with Gasteiger partial charge in [0, 0.05) is 11.1 Å². The Morgan fingerprint density at radius 1 is 0.970 bits per heavy atom. The van der Waals surface area contributed by atoms with Gasteiger partial charge in [0.25, 0.3) is 17.5 Å². The lowest BCUT2D eigenvalue weighted by atomic mass is 9.99. The molecule has 0 fully saturated rings. The molecule has 0 saturated heterocycles. The molecular formula is C24H18ClN3O5. The Morgan fingerprint density at radius 2 is 1.67 bits per heavy atom. The molecule has 1 aliphatic rings. The molecule has 1 heterocycles. The third-order valence-corrected chi connectivity index (χ3v) is 5.62. The highest BCUT2D eigenvalue weighted by Gasteiger charge is 2.41. The minimum Gasteiger partial charge on any atom is -0.347 e. The van der Waals surface area contributed by atoms with Crippen LogP contribution in [0.5, 0.6) is 0 Å². The molecule has 3 aromatic carbocycles. The van der Waals surface area contributed by atoms with Crippen molar-refractivity contribution in [3.05, 3.63) is 110 Å². The second kappa shape index (κ2) is 9.22. The van der Waals surface area contributed by atoms with Crippen molar-refractivity contribution in [2.75, 3.05) is 6.54 Å². The summed E-state index contributed by atoms with van der Waals surface area (Å²) in [6, 6.07) is 19.9. The summed E-state index contributed by atoms with van der Waals surface area (Å²) < 4.78 is 0. The van der Waals surface area contributed by atoms with Gasteiger partial charge in [-0.05, 0) is 35.7 Å². The first-order valence-corrected chi connectivity index (χ1v) is 10.5. The summed E-state index contributed by atoms with van der Waals surface area (Å²) in [4.78, 5) is 49.6. The van der Waals surface area contributed by atoms with Gasteiger partial charge in [-0.1, -0.05) is 60.1 Å². The fourth-order valence-corrected chi connectivity index (χ4v) is 3.91. The molecule has 1 unspecified atom stereocenters. The van der Waals surface area contributed by atoms with E-state index in [9.17, 15) is 24.5 Å². The van der Waals surface area contributed by atoms with Crippen LogP contribution in [0.15, 0.2) is 72.8 Å². The molecule has 0 radical (unpaired) electrons. The number of rotatable bonds is 7. The Morgan fingerprint density at radius 3 is 2.33 bits per heavy atom. The van der Waals surface area contributed by atoms with Gasteiger partial charge in [-0.25, -0.2) is 0 Å². The smallest absolute Gasteiger partial charge is 0.282 e. The molecule has 0 saturated carbocycles. The van der Waals surface area contributed by atoms with Crippen LogP contribution in [0.25, 0.3) is 0 Å². The third kappa shape index (κ3) is 4.61. The molecule has 1 aliphatic heterocycles. The van der Waals surface area contributed by atoms with Crippen LogP contribution in [0.1, 0.15) is 37.9 Å². The van der Waals surface area contributed by atoms with Crippen LogP contribution < -0.4 is 5.32 Å². The van der Waals surface area contributed by atoms with E-state index in [0.29, 0.717) is 11.4 Å². The molecule has 3 amide bonds. The Hall–Kier alpha value is -4.04. The summed E-state index contributed by atoms with van der Waals surface area (Å²) in [5.41, 5.74) is 0.950. The number of nitro groups is 1. The zero-order valence-corrected chi connectivity index (χ0v) is 18.0. The quantitative estimate of drug-likeness (QED) is 0.324. The highest BCUT2D eigenvalue weighted by molar-refractivity contribution is 6.30. The number of halogens is 1. The molecule has 1 N–H and O–H groups in total. The van der Waals surface area contributed by atoms with Crippen molar-refractivity contribution in [2.24, 2.45) is 0 Å². The van der Waals surface area contributed by atoms with Gasteiger partial charge in [-0.3, -0.25) is 29.4 Å². The van der Waals surface area contributed by atoms with Crippen LogP contribution >= 0.6 is 11.6 Å². The highest BCUT2D eigenvalue weighted by Crippen LogP contribution is 2.30. The number of fused-ring (bicyclic) bond motifs is 1. The predicted molar refractivity (Wildman–Crippen MR) is 121 cm³/mol. The second-order valence-electron chi connectivity index (χ2n) is 7.51. The first-order chi connectivity index (χ1) is 15.8. The summed E-state index contributed by atoms with van der Waals surface area (Å²) in [6.45, 7) is -0.548. The van der Waals surface area contributed by atoms with Gasteiger partial charge in [-0.15, -0.1) is 0 Å². The Bertz CT molecular complexity index is 1240. The maximum Gasteiger partial charge on any atom is 0.282 e. The summed E-state index contributed by atoms with van der Waals surface area (Å²) in [5, 5.41) is 14.7. The minimum absolute atomic E-state index is 0.0808. The predicted octanol–water partition coefficient (Wildman–Crippen LogP) is 3.94. The van der Waals surface area contributed by atoms with E-state index in [1.165, 1.54) is 12.1 Å². The summed E-state index contributed by atoms with van der Waals surface area (Å²) in [7, 11) is 0. The Labute approximate surface area is 193 Å². The van der Waals surface area contributed by atoms with Crippen molar-refractivity contribution < 1.29 is 19.3 Å². The zero-order chi connectivity index (χ0) is 23.5. The number of imide groups is 1. The van der Waals surface area contributed by atoms with E-state index >= 15 is 0 Å². The van der Waals surface area contributed by atoms with E-state index in [2.05, 4.69) is 5.32 Å². The number of carbonyl (C=O) groups is 3. The molecule has 33 heavy (non-hydrogen) atoms. The van der Waals surface area contributed by atoms with E-state index in [4.69, 9.17) is 11.6 Å². The number of nitro benzene ring substituents is 1. The monoisotopic (exact) mass is 463 g/mol. The minimum atomic E-state index is -0.855. The fourth-order valence-electron chi connectivity index (χ4n) is 3.79. The highest BCUT2D eigenvalue weighted by atomic mass is 35.5. The molecule has 9 heteroatoms. The Kier molecular flexibility index (Phi) is 6.19. The van der Waals surface area contributed by atoms with Gasteiger partial charge in [-0.2, -0.15) is 0 Å². The average Bonchev–Trinajstić information content (AvgIpc) is 3.05. The molecule has 0 bridgehead atoms. The van der Waals surface area contributed by atoms with Crippen molar-refractivity contribution in [3.63, 3.8) is 0 Å². The van der Waals surface area contributed by atoms with Crippen molar-refractivity contribution in [2.45, 2.75) is 12.5 Å². The maximum absolute atomic E-state index is 12.9. The molecule has 166 valence electrons. The van der Waals surface area contributed by atoms with Gasteiger partial charge in [0.05, 0.1) is 16.5 Å². The first-order valence-electron chi connectivity index (χ1n) is 10.1. The Balaban J connectivity index is 1.53. The topological polar surface area (TPSA) is 110 Å². The van der Waals surface area contributed by atoms with E-state index < -0.39 is 40.9 Å². The number of carbonyl (C=O) groups excluding carboxylic acids is 3. The molecular weight excluding hydrogens is 446 g/mol. The van der Waals surface area contributed by atoms with Crippen LogP contribution in [-0.4, -0.2) is 34.1 Å². The lowest BCUT2D eigenvalue weighted by molar-refractivity contribution is -0.385. The van der Waals surface area contributed by atoms with Crippen LogP contribution in [0.4, 0.5) is 5.69 Å². The maximum atomic E-state index is 12.9. The third-order valence-electron chi connectivity index (χ3n) is 5.37. The SMILES string of the molecule is O=C(CN1C(=O)c2cccc([N+](=O)[O-])c2C1=O)NC(Cc1ccc(Cl)cc1)c1ccccc1. The second-order valence-corrected chi connectivity index (χ2v) is 7.95. The number of nitrogens with one attached hydrogen (secondary N) is 1. The van der Waals surface area contributed by atoms with Crippen LogP contribution in [0.2, 0.25) is 5.02 Å². The van der Waals surface area contributed by atoms with Crippen molar-refractivity contribution in [1.82, 2.24) is 10.2 Å².